The predicted octanol–water partition coefficient (Wildman–Crippen LogP) is 3.49. The summed E-state index contributed by atoms with van der Waals surface area (Å²) in [5, 5.41) is 3.60. The van der Waals surface area contributed by atoms with Gasteiger partial charge in [0.2, 0.25) is 0 Å². The van der Waals surface area contributed by atoms with Gasteiger partial charge in [-0.1, -0.05) is 32.9 Å². The molecule has 0 bridgehead atoms. The topological polar surface area (TPSA) is 12.0 Å². The van der Waals surface area contributed by atoms with Crippen LogP contribution in [0.25, 0.3) is 0 Å². The van der Waals surface area contributed by atoms with E-state index in [1.54, 1.807) is 12.1 Å². The fourth-order valence-electron chi connectivity index (χ4n) is 2.72. The fourth-order valence-corrected chi connectivity index (χ4v) is 2.72. The Morgan fingerprint density at radius 2 is 1.88 bits per heavy atom. The zero-order valence-corrected chi connectivity index (χ0v) is 11.0. The van der Waals surface area contributed by atoms with Crippen LogP contribution in [0.3, 0.4) is 0 Å². The van der Waals surface area contributed by atoms with Crippen LogP contribution in [0.2, 0.25) is 0 Å². The number of nitrogens with one attached hydrogen (secondary N) is 1. The van der Waals surface area contributed by atoms with Gasteiger partial charge in [-0.25, -0.2) is 4.39 Å². The summed E-state index contributed by atoms with van der Waals surface area (Å²) >= 11 is 0. The van der Waals surface area contributed by atoms with Crippen LogP contribution in [0.15, 0.2) is 24.3 Å². The molecule has 1 aliphatic carbocycles. The molecule has 2 rings (SSSR count). The van der Waals surface area contributed by atoms with Gasteiger partial charge in [0, 0.05) is 11.5 Å². The summed E-state index contributed by atoms with van der Waals surface area (Å²) in [6.45, 7) is 7.65. The molecule has 0 aromatic heterocycles. The number of rotatable bonds is 5. The van der Waals surface area contributed by atoms with Gasteiger partial charge in [0.05, 0.1) is 0 Å². The highest BCUT2D eigenvalue weighted by molar-refractivity contribution is 5.27. The minimum Gasteiger partial charge on any atom is -0.313 e. The van der Waals surface area contributed by atoms with Gasteiger partial charge in [0.1, 0.15) is 5.82 Å². The van der Waals surface area contributed by atoms with Crippen molar-refractivity contribution in [1.82, 2.24) is 5.32 Å². The molecule has 0 spiro atoms. The van der Waals surface area contributed by atoms with Crippen LogP contribution < -0.4 is 5.32 Å². The molecule has 1 N–H and O–H groups in total. The van der Waals surface area contributed by atoms with E-state index in [0.717, 1.165) is 12.5 Å². The average molecular weight is 235 g/mol. The molecule has 0 heterocycles. The summed E-state index contributed by atoms with van der Waals surface area (Å²) in [5.74, 6) is 0.631. The van der Waals surface area contributed by atoms with Gasteiger partial charge in [0.25, 0.3) is 0 Å². The lowest BCUT2D eigenvalue weighted by Crippen LogP contribution is -2.46. The lowest BCUT2D eigenvalue weighted by Gasteiger charge is -2.36. The van der Waals surface area contributed by atoms with Crippen molar-refractivity contribution in [1.29, 1.82) is 0 Å². The third-order valence-corrected chi connectivity index (χ3v) is 3.88. The lowest BCUT2D eigenvalue weighted by atomic mass is 9.75. The lowest BCUT2D eigenvalue weighted by molar-refractivity contribution is 0.312. The Morgan fingerprint density at radius 3 is 2.35 bits per heavy atom. The first-order valence-corrected chi connectivity index (χ1v) is 6.55. The molecule has 1 unspecified atom stereocenters. The maximum absolute atomic E-state index is 13.0. The SMILES string of the molecule is CCNC(C1CC1)C(C)(C)c1ccc(F)cc1. The van der Waals surface area contributed by atoms with E-state index in [1.165, 1.54) is 18.4 Å². The van der Waals surface area contributed by atoms with Gasteiger partial charge in [-0.05, 0) is 43.0 Å². The third-order valence-electron chi connectivity index (χ3n) is 3.88. The Kier molecular flexibility index (Phi) is 3.53. The van der Waals surface area contributed by atoms with Crippen LogP contribution in [0.5, 0.6) is 0 Å². The number of halogens is 1. The summed E-state index contributed by atoms with van der Waals surface area (Å²) in [5.41, 5.74) is 1.28. The molecule has 1 aliphatic rings. The van der Waals surface area contributed by atoms with Gasteiger partial charge in [-0.3, -0.25) is 0 Å². The van der Waals surface area contributed by atoms with Crippen LogP contribution in [-0.2, 0) is 5.41 Å². The van der Waals surface area contributed by atoms with E-state index in [2.05, 4.69) is 26.1 Å². The van der Waals surface area contributed by atoms with Gasteiger partial charge in [0.15, 0.2) is 0 Å². The van der Waals surface area contributed by atoms with Crippen LogP contribution in [0.4, 0.5) is 4.39 Å². The normalized spacial score (nSPS) is 18.1. The standard InChI is InChI=1S/C15H22FN/c1-4-17-14(11-5-6-11)15(2,3)12-7-9-13(16)10-8-12/h7-11,14,17H,4-6H2,1-3H3. The van der Waals surface area contributed by atoms with Crippen LogP contribution in [-0.4, -0.2) is 12.6 Å². The Labute approximate surface area is 103 Å². The highest BCUT2D eigenvalue weighted by atomic mass is 19.1. The van der Waals surface area contributed by atoms with Gasteiger partial charge in [-0.2, -0.15) is 0 Å². The minimum atomic E-state index is -0.157. The second kappa shape index (κ2) is 4.77. The molecule has 1 aromatic carbocycles. The minimum absolute atomic E-state index is 0.0604. The number of hydrogen-bond acceptors (Lipinski definition) is 1. The van der Waals surface area contributed by atoms with E-state index in [9.17, 15) is 4.39 Å². The van der Waals surface area contributed by atoms with Crippen LogP contribution >= 0.6 is 0 Å². The van der Waals surface area contributed by atoms with E-state index in [4.69, 9.17) is 0 Å². The number of hydrogen-bond donors (Lipinski definition) is 1. The van der Waals surface area contributed by atoms with E-state index in [-0.39, 0.29) is 11.2 Å². The predicted molar refractivity (Wildman–Crippen MR) is 69.6 cm³/mol. The molecule has 1 fully saturated rings. The zero-order chi connectivity index (χ0) is 12.5. The molecule has 1 aromatic rings. The van der Waals surface area contributed by atoms with Gasteiger partial charge < -0.3 is 5.32 Å². The quantitative estimate of drug-likeness (QED) is 0.823. The zero-order valence-electron chi connectivity index (χ0n) is 11.0. The molecule has 1 atom stereocenters. The van der Waals surface area contributed by atoms with Crippen LogP contribution in [0, 0.1) is 11.7 Å². The monoisotopic (exact) mass is 235 g/mol. The molecular formula is C15H22FN. The summed E-state index contributed by atoms with van der Waals surface area (Å²) in [6.07, 6.45) is 2.64. The molecule has 0 amide bonds. The van der Waals surface area contributed by atoms with Crippen molar-refractivity contribution in [2.45, 2.75) is 45.1 Å². The van der Waals surface area contributed by atoms with Gasteiger partial charge in [-0.15, -0.1) is 0 Å². The molecular weight excluding hydrogens is 213 g/mol. The van der Waals surface area contributed by atoms with Crippen molar-refractivity contribution < 1.29 is 4.39 Å². The molecule has 2 heteroatoms. The summed E-state index contributed by atoms with van der Waals surface area (Å²) in [6, 6.07) is 7.46. The Morgan fingerprint density at radius 1 is 1.29 bits per heavy atom. The molecule has 17 heavy (non-hydrogen) atoms. The average Bonchev–Trinajstić information content (AvgIpc) is 3.10. The molecule has 0 radical (unpaired) electrons. The van der Waals surface area contributed by atoms with E-state index in [1.807, 2.05) is 12.1 Å². The maximum atomic E-state index is 13.0. The fraction of sp³-hybridized carbons (Fsp3) is 0.600. The number of likely N-dealkylation sites (N-methyl/N-ethyl adjacent to an activating group) is 1. The summed E-state index contributed by atoms with van der Waals surface area (Å²) in [7, 11) is 0. The smallest absolute Gasteiger partial charge is 0.123 e. The molecule has 0 aliphatic heterocycles. The highest BCUT2D eigenvalue weighted by Crippen LogP contribution is 2.42. The number of benzene rings is 1. The summed E-state index contributed by atoms with van der Waals surface area (Å²) < 4.78 is 13.0. The summed E-state index contributed by atoms with van der Waals surface area (Å²) in [4.78, 5) is 0. The third kappa shape index (κ3) is 2.68. The van der Waals surface area contributed by atoms with Crippen molar-refractivity contribution in [2.24, 2.45) is 5.92 Å². The van der Waals surface area contributed by atoms with Crippen molar-refractivity contribution in [3.63, 3.8) is 0 Å². The van der Waals surface area contributed by atoms with Crippen LogP contribution in [0.1, 0.15) is 39.2 Å². The first-order chi connectivity index (χ1) is 8.05. The largest absolute Gasteiger partial charge is 0.313 e. The molecule has 1 saturated carbocycles. The Bertz CT molecular complexity index is 365. The second-order valence-corrected chi connectivity index (χ2v) is 5.60. The first-order valence-electron chi connectivity index (χ1n) is 6.55. The molecule has 94 valence electrons. The van der Waals surface area contributed by atoms with Crippen molar-refractivity contribution >= 4 is 0 Å². The van der Waals surface area contributed by atoms with E-state index in [0.29, 0.717) is 6.04 Å². The second-order valence-electron chi connectivity index (χ2n) is 5.60. The Balaban J connectivity index is 2.22. The molecule has 0 saturated heterocycles. The van der Waals surface area contributed by atoms with E-state index < -0.39 is 0 Å². The van der Waals surface area contributed by atoms with E-state index >= 15 is 0 Å². The maximum Gasteiger partial charge on any atom is 0.123 e. The Hall–Kier alpha value is -0.890. The first kappa shape index (κ1) is 12.6. The van der Waals surface area contributed by atoms with Crippen molar-refractivity contribution in [3.8, 4) is 0 Å². The van der Waals surface area contributed by atoms with Crippen molar-refractivity contribution in [2.75, 3.05) is 6.54 Å². The van der Waals surface area contributed by atoms with Crippen molar-refractivity contribution in [3.05, 3.63) is 35.6 Å². The molecule has 1 nitrogen and oxygen atoms in total. The van der Waals surface area contributed by atoms with Gasteiger partial charge >= 0.3 is 0 Å². The highest BCUT2D eigenvalue weighted by Gasteiger charge is 2.41.